The van der Waals surface area contributed by atoms with Gasteiger partial charge in [-0.05, 0) is 5.82 Å². The van der Waals surface area contributed by atoms with Gasteiger partial charge in [0.25, 0.3) is 0 Å². The lowest BCUT2D eigenvalue weighted by atomic mass is 9.29. The van der Waals surface area contributed by atoms with E-state index in [1.54, 1.807) is 0 Å². The third-order valence-corrected chi connectivity index (χ3v) is 2.58. The summed E-state index contributed by atoms with van der Waals surface area (Å²) in [4.78, 5) is 0. The van der Waals surface area contributed by atoms with Gasteiger partial charge in [0.05, 0.1) is 0 Å². The largest absolute Gasteiger partial charge is 0.156 e. The van der Waals surface area contributed by atoms with Crippen molar-refractivity contribution in [3.8, 4) is 0 Å². The molecule has 1 heterocycles. The van der Waals surface area contributed by atoms with Gasteiger partial charge in [-0.1, -0.05) is 51.5 Å². The Labute approximate surface area is 64.8 Å². The molecule has 1 atom stereocenters. The van der Waals surface area contributed by atoms with E-state index in [1.165, 1.54) is 6.32 Å². The first-order chi connectivity index (χ1) is 4.52. The number of allylic oxidation sites excluding steroid dienone is 2. The first-order valence-corrected chi connectivity index (χ1v) is 4.18. The molecule has 0 amide bonds. The second kappa shape index (κ2) is 2.45. The zero-order valence-corrected chi connectivity index (χ0v) is 7.52. The van der Waals surface area contributed by atoms with E-state index in [1.807, 2.05) is 0 Å². The van der Waals surface area contributed by atoms with E-state index >= 15 is 0 Å². The molecular formula is C9H17B. The van der Waals surface area contributed by atoms with Crippen LogP contribution in [0.5, 0.6) is 0 Å². The second-order valence-electron chi connectivity index (χ2n) is 4.50. The fraction of sp³-hybridized carbons (Fsp3) is 0.778. The van der Waals surface area contributed by atoms with Gasteiger partial charge in [0.2, 0.25) is 0 Å². The Balaban J connectivity index is 2.60. The first-order valence-electron chi connectivity index (χ1n) is 4.18. The van der Waals surface area contributed by atoms with Gasteiger partial charge in [0, 0.05) is 0 Å². The van der Waals surface area contributed by atoms with Crippen LogP contribution in [0.4, 0.5) is 0 Å². The molecule has 56 valence electrons. The molecule has 10 heavy (non-hydrogen) atoms. The van der Waals surface area contributed by atoms with E-state index in [0.29, 0.717) is 5.31 Å². The molecule has 1 rings (SSSR count). The summed E-state index contributed by atoms with van der Waals surface area (Å²) in [5, 5.41) is 0.489. The maximum Gasteiger partial charge on any atom is 0.156 e. The molecular weight excluding hydrogens is 119 g/mol. The van der Waals surface area contributed by atoms with E-state index in [9.17, 15) is 0 Å². The Hall–Kier alpha value is -0.195. The predicted octanol–water partition coefficient (Wildman–Crippen LogP) is 3.24. The maximum absolute atomic E-state index is 2.34. The second-order valence-corrected chi connectivity index (χ2v) is 4.50. The zero-order chi connectivity index (χ0) is 7.78. The molecule has 1 aliphatic rings. The standard InChI is InChI=1S/C9H17B/c1-8-6-5-7-10(8)9(2,3)4/h5-6,8H,7H2,1-4H3. The van der Waals surface area contributed by atoms with E-state index in [4.69, 9.17) is 0 Å². The minimum absolute atomic E-state index is 0.489. The normalized spacial score (nSPS) is 26.0. The molecule has 0 nitrogen and oxygen atoms in total. The van der Waals surface area contributed by atoms with Crippen LogP contribution in [-0.4, -0.2) is 6.71 Å². The van der Waals surface area contributed by atoms with Crippen LogP contribution in [0, 0.1) is 0 Å². The van der Waals surface area contributed by atoms with Crippen molar-refractivity contribution in [1.29, 1.82) is 0 Å². The molecule has 0 spiro atoms. The molecule has 1 aliphatic heterocycles. The Morgan fingerprint density at radius 2 is 2.00 bits per heavy atom. The third kappa shape index (κ3) is 1.45. The number of hydrogen-bond donors (Lipinski definition) is 0. The van der Waals surface area contributed by atoms with Crippen LogP contribution in [0.2, 0.25) is 17.5 Å². The average molecular weight is 136 g/mol. The smallest absolute Gasteiger partial charge is 0.0961 e. The topological polar surface area (TPSA) is 0 Å². The molecule has 1 heteroatoms. The van der Waals surface area contributed by atoms with Crippen LogP contribution >= 0.6 is 0 Å². The lowest BCUT2D eigenvalue weighted by Gasteiger charge is -2.27. The molecule has 0 bridgehead atoms. The molecule has 0 aliphatic carbocycles. The summed E-state index contributed by atoms with van der Waals surface area (Å²) in [5.74, 6) is 0.792. The van der Waals surface area contributed by atoms with E-state index < -0.39 is 0 Å². The summed E-state index contributed by atoms with van der Waals surface area (Å²) in [5.41, 5.74) is 0. The van der Waals surface area contributed by atoms with Crippen LogP contribution in [0.25, 0.3) is 0 Å². The van der Waals surface area contributed by atoms with Crippen molar-refractivity contribution in [2.24, 2.45) is 0 Å². The van der Waals surface area contributed by atoms with E-state index in [0.717, 1.165) is 12.5 Å². The van der Waals surface area contributed by atoms with Crippen LogP contribution in [0.3, 0.4) is 0 Å². The zero-order valence-electron chi connectivity index (χ0n) is 7.52. The first kappa shape index (κ1) is 7.91. The highest BCUT2D eigenvalue weighted by Gasteiger charge is 2.33. The fourth-order valence-corrected chi connectivity index (χ4v) is 1.93. The number of hydrogen-bond acceptors (Lipinski definition) is 0. The fourth-order valence-electron chi connectivity index (χ4n) is 1.93. The highest BCUT2D eigenvalue weighted by Crippen LogP contribution is 2.40. The van der Waals surface area contributed by atoms with Crippen molar-refractivity contribution in [3.63, 3.8) is 0 Å². The summed E-state index contributed by atoms with van der Waals surface area (Å²) in [6.45, 7) is 10.2. The van der Waals surface area contributed by atoms with Gasteiger partial charge < -0.3 is 0 Å². The number of rotatable bonds is 0. The molecule has 0 fully saturated rings. The van der Waals surface area contributed by atoms with Gasteiger partial charge in [0.15, 0.2) is 6.71 Å². The Kier molecular flexibility index (Phi) is 1.93. The van der Waals surface area contributed by atoms with Crippen LogP contribution in [0.15, 0.2) is 12.2 Å². The van der Waals surface area contributed by atoms with Crippen molar-refractivity contribution in [3.05, 3.63) is 12.2 Å². The van der Waals surface area contributed by atoms with Crippen molar-refractivity contribution in [2.45, 2.75) is 45.1 Å². The molecule has 0 N–H and O–H groups in total. The quantitative estimate of drug-likeness (QED) is 0.354. The third-order valence-electron chi connectivity index (χ3n) is 2.58. The molecule has 0 aromatic rings. The van der Waals surface area contributed by atoms with Gasteiger partial charge in [-0.3, -0.25) is 0 Å². The van der Waals surface area contributed by atoms with Gasteiger partial charge in [-0.2, -0.15) is 0 Å². The van der Waals surface area contributed by atoms with Crippen molar-refractivity contribution in [1.82, 2.24) is 0 Å². The lowest BCUT2D eigenvalue weighted by molar-refractivity contribution is 0.725. The summed E-state index contributed by atoms with van der Waals surface area (Å²) in [6, 6.07) is 0. The summed E-state index contributed by atoms with van der Waals surface area (Å²) >= 11 is 0. The monoisotopic (exact) mass is 136 g/mol. The summed E-state index contributed by atoms with van der Waals surface area (Å²) in [7, 11) is 0. The summed E-state index contributed by atoms with van der Waals surface area (Å²) in [6.07, 6.45) is 5.95. The van der Waals surface area contributed by atoms with Crippen molar-refractivity contribution in [2.75, 3.05) is 0 Å². The van der Waals surface area contributed by atoms with E-state index in [-0.39, 0.29) is 0 Å². The molecule has 0 radical (unpaired) electrons. The minimum atomic E-state index is 0.489. The highest BCUT2D eigenvalue weighted by atomic mass is 14.1. The van der Waals surface area contributed by atoms with Crippen LogP contribution < -0.4 is 0 Å². The van der Waals surface area contributed by atoms with Crippen LogP contribution in [-0.2, 0) is 0 Å². The van der Waals surface area contributed by atoms with E-state index in [2.05, 4.69) is 39.8 Å². The van der Waals surface area contributed by atoms with Gasteiger partial charge in [0.1, 0.15) is 0 Å². The highest BCUT2D eigenvalue weighted by molar-refractivity contribution is 6.65. The van der Waals surface area contributed by atoms with Crippen LogP contribution in [0.1, 0.15) is 27.7 Å². The van der Waals surface area contributed by atoms with Gasteiger partial charge in [-0.25, -0.2) is 0 Å². The maximum atomic E-state index is 2.34. The molecule has 0 aromatic carbocycles. The predicted molar refractivity (Wildman–Crippen MR) is 48.8 cm³/mol. The molecule has 0 saturated heterocycles. The van der Waals surface area contributed by atoms with Crippen molar-refractivity contribution >= 4 is 6.71 Å². The molecule has 1 unspecified atom stereocenters. The van der Waals surface area contributed by atoms with Crippen molar-refractivity contribution < 1.29 is 0 Å². The SMILES string of the molecule is CC1C=CCB1C(C)(C)C. The Bertz CT molecular complexity index is 141. The van der Waals surface area contributed by atoms with Gasteiger partial charge in [-0.15, -0.1) is 0 Å². The molecule has 0 saturated carbocycles. The lowest BCUT2D eigenvalue weighted by Crippen LogP contribution is -2.25. The average Bonchev–Trinajstić information content (AvgIpc) is 2.11. The Morgan fingerprint density at radius 1 is 1.40 bits per heavy atom. The van der Waals surface area contributed by atoms with Gasteiger partial charge >= 0.3 is 0 Å². The molecule has 0 aromatic heterocycles. The minimum Gasteiger partial charge on any atom is -0.0961 e. The Morgan fingerprint density at radius 3 is 2.20 bits per heavy atom. The summed E-state index contributed by atoms with van der Waals surface area (Å²) < 4.78 is 0.